The van der Waals surface area contributed by atoms with Crippen LogP contribution in [-0.2, 0) is 16.1 Å². The number of amides is 1. The molecule has 0 bridgehead atoms. The van der Waals surface area contributed by atoms with Gasteiger partial charge < -0.3 is 10.1 Å². The van der Waals surface area contributed by atoms with Crippen molar-refractivity contribution >= 4 is 16.7 Å². The van der Waals surface area contributed by atoms with E-state index in [1.165, 1.54) is 0 Å². The van der Waals surface area contributed by atoms with Crippen molar-refractivity contribution in [1.82, 2.24) is 20.0 Å². The van der Waals surface area contributed by atoms with Gasteiger partial charge in [-0.05, 0) is 12.1 Å². The van der Waals surface area contributed by atoms with Crippen LogP contribution in [0.3, 0.4) is 0 Å². The van der Waals surface area contributed by atoms with Crippen LogP contribution < -0.4 is 16.4 Å². The van der Waals surface area contributed by atoms with Crippen LogP contribution in [0.25, 0.3) is 10.8 Å². The van der Waals surface area contributed by atoms with Gasteiger partial charge in [-0.15, -0.1) is 0 Å². The highest BCUT2D eigenvalue weighted by Gasteiger charge is 2.12. The first-order valence-electron chi connectivity index (χ1n) is 7.94. The molecule has 1 aliphatic heterocycles. The monoisotopic (exact) mass is 332 g/mol. The van der Waals surface area contributed by atoms with E-state index in [-0.39, 0.29) is 23.6 Å². The van der Waals surface area contributed by atoms with Gasteiger partial charge in [-0.25, -0.2) is 4.68 Å². The van der Waals surface area contributed by atoms with Gasteiger partial charge in [-0.3, -0.25) is 24.4 Å². The summed E-state index contributed by atoms with van der Waals surface area (Å²) in [4.78, 5) is 38.5. The zero-order chi connectivity index (χ0) is 16.9. The fourth-order valence-corrected chi connectivity index (χ4v) is 2.74. The molecule has 0 aliphatic carbocycles. The molecule has 0 atom stereocenters. The summed E-state index contributed by atoms with van der Waals surface area (Å²) in [5.41, 5.74) is -0.764. The molecular formula is C16H20N4O4. The lowest BCUT2D eigenvalue weighted by Gasteiger charge is -2.26. The van der Waals surface area contributed by atoms with Crippen molar-refractivity contribution in [2.75, 3.05) is 39.4 Å². The van der Waals surface area contributed by atoms with E-state index < -0.39 is 0 Å². The molecule has 2 N–H and O–H groups in total. The van der Waals surface area contributed by atoms with E-state index in [0.717, 1.165) is 24.3 Å². The Kier molecular flexibility index (Phi) is 5.07. The standard InChI is InChI=1S/C16H20N4O4/c21-14(17-5-6-19-7-9-24-10-8-19)11-20-16(23)13-4-2-1-3-12(13)15(22)18-20/h1-4H,5-11H2,(H,17,21)(H,18,22). The first-order valence-corrected chi connectivity index (χ1v) is 7.94. The summed E-state index contributed by atoms with van der Waals surface area (Å²) in [5.74, 6) is -0.309. The number of H-pyrrole nitrogens is 1. The molecular weight excluding hydrogens is 312 g/mol. The summed E-state index contributed by atoms with van der Waals surface area (Å²) in [6.07, 6.45) is 0. The van der Waals surface area contributed by atoms with Crippen LogP contribution in [0.2, 0.25) is 0 Å². The van der Waals surface area contributed by atoms with Gasteiger partial charge in [0.15, 0.2) is 0 Å². The van der Waals surface area contributed by atoms with Gasteiger partial charge >= 0.3 is 0 Å². The Labute approximate surface area is 138 Å². The van der Waals surface area contributed by atoms with Gasteiger partial charge in [0.25, 0.3) is 11.1 Å². The van der Waals surface area contributed by atoms with Crippen LogP contribution in [0.5, 0.6) is 0 Å². The van der Waals surface area contributed by atoms with Crippen LogP contribution in [0, 0.1) is 0 Å². The molecule has 1 fully saturated rings. The van der Waals surface area contributed by atoms with Gasteiger partial charge in [0.05, 0.1) is 24.0 Å². The largest absolute Gasteiger partial charge is 0.379 e. The quantitative estimate of drug-likeness (QED) is 0.743. The average molecular weight is 332 g/mol. The maximum absolute atomic E-state index is 12.3. The molecule has 2 aromatic rings. The number of carbonyl (C=O) groups is 1. The average Bonchev–Trinajstić information content (AvgIpc) is 2.60. The molecule has 0 saturated carbocycles. The van der Waals surface area contributed by atoms with Crippen molar-refractivity contribution in [2.45, 2.75) is 6.54 Å². The SMILES string of the molecule is O=C(Cn1[nH]c(=O)c2ccccc2c1=O)NCCN1CCOCC1. The van der Waals surface area contributed by atoms with Crippen LogP contribution in [-0.4, -0.2) is 60.0 Å². The molecule has 8 heteroatoms. The third kappa shape index (κ3) is 3.72. The minimum absolute atomic E-state index is 0.206. The molecule has 24 heavy (non-hydrogen) atoms. The summed E-state index contributed by atoms with van der Waals surface area (Å²) in [6, 6.07) is 6.55. The molecule has 2 heterocycles. The molecule has 1 aliphatic rings. The van der Waals surface area contributed by atoms with Gasteiger partial charge in [0.2, 0.25) is 5.91 Å². The Balaban J connectivity index is 1.62. The number of nitrogens with zero attached hydrogens (tertiary/aromatic N) is 2. The lowest BCUT2D eigenvalue weighted by molar-refractivity contribution is -0.122. The molecule has 8 nitrogen and oxygen atoms in total. The predicted octanol–water partition coefficient (Wildman–Crippen LogP) is -0.862. The van der Waals surface area contributed by atoms with Gasteiger partial charge in [-0.1, -0.05) is 12.1 Å². The third-order valence-corrected chi connectivity index (χ3v) is 4.04. The van der Waals surface area contributed by atoms with Gasteiger partial charge in [-0.2, -0.15) is 0 Å². The number of fused-ring (bicyclic) bond motifs is 1. The second-order valence-electron chi connectivity index (χ2n) is 5.68. The lowest BCUT2D eigenvalue weighted by atomic mass is 10.2. The number of aromatic nitrogens is 2. The molecule has 3 rings (SSSR count). The molecule has 0 radical (unpaired) electrons. The number of carbonyl (C=O) groups excluding carboxylic acids is 1. The van der Waals surface area contributed by atoms with Crippen molar-refractivity contribution in [3.8, 4) is 0 Å². The van der Waals surface area contributed by atoms with E-state index in [1.54, 1.807) is 24.3 Å². The number of benzene rings is 1. The Bertz CT molecular complexity index is 836. The van der Waals surface area contributed by atoms with Crippen LogP contribution in [0.4, 0.5) is 0 Å². The first-order chi connectivity index (χ1) is 11.6. The normalized spacial score (nSPS) is 15.5. The number of rotatable bonds is 5. The molecule has 1 aromatic carbocycles. The number of nitrogens with one attached hydrogen (secondary N) is 2. The van der Waals surface area contributed by atoms with Gasteiger partial charge in [0.1, 0.15) is 6.54 Å². The zero-order valence-corrected chi connectivity index (χ0v) is 13.3. The molecule has 0 spiro atoms. The third-order valence-electron chi connectivity index (χ3n) is 4.04. The van der Waals surface area contributed by atoms with E-state index >= 15 is 0 Å². The van der Waals surface area contributed by atoms with Gasteiger partial charge in [0, 0.05) is 26.2 Å². The van der Waals surface area contributed by atoms with E-state index in [0.29, 0.717) is 30.5 Å². The Morgan fingerprint density at radius 3 is 2.62 bits per heavy atom. The fourth-order valence-electron chi connectivity index (χ4n) is 2.74. The highest BCUT2D eigenvalue weighted by atomic mass is 16.5. The van der Waals surface area contributed by atoms with E-state index in [9.17, 15) is 14.4 Å². The molecule has 128 valence electrons. The molecule has 1 amide bonds. The number of hydrogen-bond acceptors (Lipinski definition) is 5. The minimum atomic E-state index is -0.383. The Morgan fingerprint density at radius 2 is 1.88 bits per heavy atom. The maximum atomic E-state index is 12.3. The van der Waals surface area contributed by atoms with Crippen molar-refractivity contribution in [1.29, 1.82) is 0 Å². The number of ether oxygens (including phenoxy) is 1. The smallest absolute Gasteiger partial charge is 0.273 e. The number of morpholine rings is 1. The van der Waals surface area contributed by atoms with Crippen molar-refractivity contribution in [3.63, 3.8) is 0 Å². The lowest BCUT2D eigenvalue weighted by Crippen LogP contribution is -2.43. The summed E-state index contributed by atoms with van der Waals surface area (Å²) >= 11 is 0. The summed E-state index contributed by atoms with van der Waals surface area (Å²) in [5, 5.41) is 5.85. The van der Waals surface area contributed by atoms with Crippen molar-refractivity contribution < 1.29 is 9.53 Å². The van der Waals surface area contributed by atoms with E-state index in [1.807, 2.05) is 0 Å². The van der Waals surface area contributed by atoms with E-state index in [2.05, 4.69) is 15.3 Å². The summed E-state index contributed by atoms with van der Waals surface area (Å²) in [7, 11) is 0. The second kappa shape index (κ2) is 7.41. The highest BCUT2D eigenvalue weighted by molar-refractivity contribution is 5.81. The fraction of sp³-hybridized carbons (Fsp3) is 0.438. The van der Waals surface area contributed by atoms with Crippen molar-refractivity contribution in [2.24, 2.45) is 0 Å². The van der Waals surface area contributed by atoms with Crippen LogP contribution >= 0.6 is 0 Å². The minimum Gasteiger partial charge on any atom is -0.379 e. The predicted molar refractivity (Wildman–Crippen MR) is 89.1 cm³/mol. The number of hydrogen-bond donors (Lipinski definition) is 2. The second-order valence-corrected chi connectivity index (χ2v) is 5.68. The molecule has 0 unspecified atom stereocenters. The molecule has 1 aromatic heterocycles. The summed E-state index contributed by atoms with van der Waals surface area (Å²) in [6.45, 7) is 4.15. The topological polar surface area (TPSA) is 96.4 Å². The maximum Gasteiger partial charge on any atom is 0.273 e. The number of aromatic amines is 1. The first kappa shape index (κ1) is 16.4. The zero-order valence-electron chi connectivity index (χ0n) is 13.3. The van der Waals surface area contributed by atoms with Crippen LogP contribution in [0.1, 0.15) is 0 Å². The molecule has 1 saturated heterocycles. The Hall–Kier alpha value is -2.45. The summed E-state index contributed by atoms with van der Waals surface area (Å²) < 4.78 is 6.32. The van der Waals surface area contributed by atoms with E-state index in [4.69, 9.17) is 4.74 Å². The Morgan fingerprint density at radius 1 is 1.17 bits per heavy atom. The highest BCUT2D eigenvalue weighted by Crippen LogP contribution is 2.02. The van der Waals surface area contributed by atoms with Crippen LogP contribution in [0.15, 0.2) is 33.9 Å². The van der Waals surface area contributed by atoms with Crippen molar-refractivity contribution in [3.05, 3.63) is 45.0 Å².